The summed E-state index contributed by atoms with van der Waals surface area (Å²) in [5.41, 5.74) is 0. The number of carbonyl (C=O) groups is 5. The summed E-state index contributed by atoms with van der Waals surface area (Å²) in [4.78, 5) is 57.0. The molecule has 12 nitrogen and oxygen atoms in total. The van der Waals surface area contributed by atoms with Crippen molar-refractivity contribution < 1.29 is 44.4 Å². The van der Waals surface area contributed by atoms with Gasteiger partial charge in [-0.3, -0.25) is 24.2 Å². The van der Waals surface area contributed by atoms with Gasteiger partial charge in [-0.25, -0.2) is 14.5 Å². The maximum Gasteiger partial charge on any atom is 0.416 e. The summed E-state index contributed by atoms with van der Waals surface area (Å²) in [5, 5.41) is 35.2. The molecule has 2 amide bonds. The van der Waals surface area contributed by atoms with Crippen molar-refractivity contribution in [1.29, 1.82) is 0 Å². The van der Waals surface area contributed by atoms with Crippen molar-refractivity contribution in [3.8, 4) is 0 Å². The number of imide groups is 1. The van der Waals surface area contributed by atoms with E-state index in [2.05, 4.69) is 0 Å². The Kier molecular flexibility index (Phi) is 9.74. The first-order valence-electron chi connectivity index (χ1n) is 7.14. The molecule has 0 aliphatic rings. The van der Waals surface area contributed by atoms with Crippen LogP contribution >= 0.6 is 0 Å². The first-order valence-corrected chi connectivity index (χ1v) is 7.14. The molecule has 0 aromatic heterocycles. The van der Waals surface area contributed by atoms with Gasteiger partial charge in [-0.05, 0) is 6.92 Å². The van der Waals surface area contributed by atoms with E-state index in [1.807, 2.05) is 0 Å². The second-order valence-electron chi connectivity index (χ2n) is 5.19. The summed E-state index contributed by atoms with van der Waals surface area (Å²) >= 11 is 0. The average Bonchev–Trinajstić information content (AvgIpc) is 2.41. The third kappa shape index (κ3) is 10.6. The second-order valence-corrected chi connectivity index (χ2v) is 5.19. The summed E-state index contributed by atoms with van der Waals surface area (Å²) in [5.74, 6) is -2.64. The highest BCUT2D eigenvalue weighted by Gasteiger charge is 2.22. The SMILES string of the molecule is CC(=O)CN(CCN(CCN(C(=O)O)C(=O)O)CC(=O)O)CC(=O)O. The predicted molar refractivity (Wildman–Crippen MR) is 81.6 cm³/mol. The minimum atomic E-state index is -1.69. The summed E-state index contributed by atoms with van der Waals surface area (Å²) in [6.07, 6.45) is -3.38. The Labute approximate surface area is 142 Å². The van der Waals surface area contributed by atoms with Crippen LogP contribution < -0.4 is 0 Å². The molecule has 0 unspecified atom stereocenters. The zero-order valence-electron chi connectivity index (χ0n) is 13.6. The number of carboxylic acid groups (broad SMARTS) is 4. The highest BCUT2D eigenvalue weighted by molar-refractivity contribution is 5.85. The fourth-order valence-corrected chi connectivity index (χ4v) is 1.98. The van der Waals surface area contributed by atoms with Crippen molar-refractivity contribution in [3.63, 3.8) is 0 Å². The lowest BCUT2D eigenvalue weighted by molar-refractivity contribution is -0.140. The molecule has 4 N–H and O–H groups in total. The van der Waals surface area contributed by atoms with Gasteiger partial charge in [-0.1, -0.05) is 0 Å². The third-order valence-electron chi connectivity index (χ3n) is 3.00. The van der Waals surface area contributed by atoms with Gasteiger partial charge in [0.1, 0.15) is 5.78 Å². The second kappa shape index (κ2) is 10.9. The Bertz CT molecular complexity index is 493. The van der Waals surface area contributed by atoms with E-state index in [9.17, 15) is 24.0 Å². The van der Waals surface area contributed by atoms with Crippen LogP contribution in [-0.2, 0) is 14.4 Å². The molecule has 0 rings (SSSR count). The van der Waals surface area contributed by atoms with Crippen LogP contribution in [0.4, 0.5) is 9.59 Å². The van der Waals surface area contributed by atoms with E-state index in [1.54, 1.807) is 0 Å². The molecule has 0 aromatic carbocycles. The van der Waals surface area contributed by atoms with E-state index >= 15 is 0 Å². The lowest BCUT2D eigenvalue weighted by Gasteiger charge is -2.26. The molecule has 0 aliphatic heterocycles. The van der Waals surface area contributed by atoms with Gasteiger partial charge in [0.05, 0.1) is 19.6 Å². The largest absolute Gasteiger partial charge is 0.480 e. The van der Waals surface area contributed by atoms with E-state index in [0.717, 1.165) is 0 Å². The minimum Gasteiger partial charge on any atom is -0.480 e. The first-order chi connectivity index (χ1) is 11.5. The number of rotatable bonds is 12. The third-order valence-corrected chi connectivity index (χ3v) is 3.00. The number of carbonyl (C=O) groups excluding carboxylic acids is 1. The van der Waals surface area contributed by atoms with Crippen molar-refractivity contribution in [3.05, 3.63) is 0 Å². The molecular weight excluding hydrogens is 342 g/mol. The molecule has 0 heterocycles. The molecule has 0 fully saturated rings. The fraction of sp³-hybridized carbons (Fsp3) is 0.615. The number of carboxylic acids is 2. The van der Waals surface area contributed by atoms with Crippen molar-refractivity contribution in [2.24, 2.45) is 0 Å². The summed E-state index contributed by atoms with van der Waals surface area (Å²) < 4.78 is 0. The van der Waals surface area contributed by atoms with Crippen LogP contribution in [0.3, 0.4) is 0 Å². The molecule has 0 radical (unpaired) electrons. The first kappa shape index (κ1) is 22.3. The van der Waals surface area contributed by atoms with Crippen LogP contribution in [0.2, 0.25) is 0 Å². The van der Waals surface area contributed by atoms with Gasteiger partial charge in [0.25, 0.3) is 0 Å². The number of hydrogen-bond acceptors (Lipinski definition) is 7. The number of ketones is 1. The monoisotopic (exact) mass is 363 g/mol. The normalized spacial score (nSPS) is 10.7. The Morgan fingerprint density at radius 1 is 0.640 bits per heavy atom. The number of hydrogen-bond donors (Lipinski definition) is 4. The quantitative estimate of drug-likeness (QED) is 0.335. The fourth-order valence-electron chi connectivity index (χ4n) is 1.98. The molecule has 0 saturated heterocycles. The van der Waals surface area contributed by atoms with E-state index in [-0.39, 0.29) is 36.9 Å². The molecule has 0 aromatic rings. The number of amides is 2. The van der Waals surface area contributed by atoms with Gasteiger partial charge in [0.2, 0.25) is 0 Å². The topological polar surface area (TPSA) is 176 Å². The standard InChI is InChI=1S/C13H21N3O9/c1-9(17)6-15(8-11(20)21)3-2-14(7-10(18)19)4-5-16(12(22)23)13(24)25/h2-8H2,1H3,(H,18,19)(H,20,21)(H,22,23)(H,24,25). The molecular formula is C13H21N3O9. The average molecular weight is 363 g/mol. The lowest BCUT2D eigenvalue weighted by atomic mass is 10.3. The maximum absolute atomic E-state index is 11.1. The Morgan fingerprint density at radius 2 is 1.04 bits per heavy atom. The smallest absolute Gasteiger partial charge is 0.416 e. The summed E-state index contributed by atoms with van der Waals surface area (Å²) in [6, 6.07) is 0. The Hall–Kier alpha value is -2.73. The van der Waals surface area contributed by atoms with E-state index in [0.29, 0.717) is 0 Å². The molecule has 142 valence electrons. The number of aliphatic carboxylic acids is 2. The van der Waals surface area contributed by atoms with Crippen LogP contribution in [0.15, 0.2) is 0 Å². The van der Waals surface area contributed by atoms with Gasteiger partial charge in [-0.15, -0.1) is 0 Å². The van der Waals surface area contributed by atoms with Crippen molar-refractivity contribution >= 4 is 29.9 Å². The number of nitrogens with zero attached hydrogens (tertiary/aromatic N) is 3. The highest BCUT2D eigenvalue weighted by atomic mass is 16.4. The molecule has 0 aliphatic carbocycles. The maximum atomic E-state index is 11.1. The van der Waals surface area contributed by atoms with Crippen molar-refractivity contribution in [2.45, 2.75) is 6.92 Å². The van der Waals surface area contributed by atoms with Gasteiger partial charge in [-0.2, -0.15) is 0 Å². The molecule has 0 saturated carbocycles. The predicted octanol–water partition coefficient (Wildman–Crippen LogP) is -0.993. The van der Waals surface area contributed by atoms with Gasteiger partial charge < -0.3 is 20.4 Å². The molecule has 25 heavy (non-hydrogen) atoms. The summed E-state index contributed by atoms with van der Waals surface area (Å²) in [7, 11) is 0. The summed E-state index contributed by atoms with van der Waals surface area (Å²) in [6.45, 7) is -0.370. The van der Waals surface area contributed by atoms with Crippen LogP contribution in [0, 0.1) is 0 Å². The van der Waals surface area contributed by atoms with Crippen LogP contribution in [0.5, 0.6) is 0 Å². The van der Waals surface area contributed by atoms with Crippen molar-refractivity contribution in [1.82, 2.24) is 14.7 Å². The number of Topliss-reactive ketones (excluding diaryl/α,β-unsaturated/α-hetero) is 1. The Balaban J connectivity index is 4.81. The molecule has 0 spiro atoms. The van der Waals surface area contributed by atoms with Crippen LogP contribution in [0.1, 0.15) is 6.92 Å². The van der Waals surface area contributed by atoms with E-state index < -0.39 is 43.8 Å². The molecule has 0 atom stereocenters. The highest BCUT2D eigenvalue weighted by Crippen LogP contribution is 1.98. The van der Waals surface area contributed by atoms with E-state index in [4.69, 9.17) is 20.4 Å². The zero-order valence-corrected chi connectivity index (χ0v) is 13.6. The van der Waals surface area contributed by atoms with Gasteiger partial charge in [0.15, 0.2) is 0 Å². The lowest BCUT2D eigenvalue weighted by Crippen LogP contribution is -2.45. The van der Waals surface area contributed by atoms with Crippen molar-refractivity contribution in [2.75, 3.05) is 45.8 Å². The van der Waals surface area contributed by atoms with E-state index in [1.165, 1.54) is 16.7 Å². The van der Waals surface area contributed by atoms with Crippen LogP contribution in [-0.4, -0.2) is 111 Å². The zero-order chi connectivity index (χ0) is 19.6. The van der Waals surface area contributed by atoms with Gasteiger partial charge in [0, 0.05) is 26.2 Å². The van der Waals surface area contributed by atoms with Gasteiger partial charge >= 0.3 is 24.1 Å². The van der Waals surface area contributed by atoms with Crippen LogP contribution in [0.25, 0.3) is 0 Å². The molecule has 0 bridgehead atoms. The Morgan fingerprint density at radius 3 is 1.44 bits per heavy atom. The minimum absolute atomic E-state index is 0.0138. The molecule has 12 heteroatoms.